The summed E-state index contributed by atoms with van der Waals surface area (Å²) >= 11 is 6.02. The molecular formula is C25H17ClF3N3O. The minimum atomic E-state index is -4.57. The number of rotatable bonds is 3. The number of alkyl halides is 3. The van der Waals surface area contributed by atoms with E-state index in [1.807, 2.05) is 18.2 Å². The molecule has 33 heavy (non-hydrogen) atoms. The van der Waals surface area contributed by atoms with Gasteiger partial charge in [0.1, 0.15) is 0 Å². The summed E-state index contributed by atoms with van der Waals surface area (Å²) in [7, 11) is 0. The summed E-state index contributed by atoms with van der Waals surface area (Å²) < 4.78 is 39.6. The van der Waals surface area contributed by atoms with Crippen molar-refractivity contribution in [2.75, 3.05) is 0 Å². The minimum Gasteiger partial charge on any atom is -0.345 e. The highest BCUT2D eigenvalue weighted by Gasteiger charge is 2.34. The number of aromatic nitrogens is 2. The molecule has 1 aliphatic rings. The van der Waals surface area contributed by atoms with E-state index in [4.69, 9.17) is 11.6 Å². The van der Waals surface area contributed by atoms with E-state index in [1.165, 1.54) is 23.9 Å². The molecule has 1 heterocycles. The van der Waals surface area contributed by atoms with Gasteiger partial charge >= 0.3 is 6.18 Å². The molecule has 0 unspecified atom stereocenters. The monoisotopic (exact) mass is 467 g/mol. The van der Waals surface area contributed by atoms with E-state index >= 15 is 0 Å². The van der Waals surface area contributed by atoms with Gasteiger partial charge in [0.25, 0.3) is 5.91 Å². The summed E-state index contributed by atoms with van der Waals surface area (Å²) in [4.78, 5) is 21.6. The van der Waals surface area contributed by atoms with Crippen molar-refractivity contribution in [1.29, 1.82) is 0 Å². The van der Waals surface area contributed by atoms with Gasteiger partial charge in [-0.3, -0.25) is 9.78 Å². The summed E-state index contributed by atoms with van der Waals surface area (Å²) in [5, 5.41) is 2.65. The lowest BCUT2D eigenvalue weighted by molar-refractivity contribution is -0.137. The molecule has 1 atom stereocenters. The minimum absolute atomic E-state index is 0.0408. The van der Waals surface area contributed by atoms with Gasteiger partial charge in [0.05, 0.1) is 39.6 Å². The third-order valence-electron chi connectivity index (χ3n) is 5.82. The van der Waals surface area contributed by atoms with Crippen LogP contribution >= 0.6 is 11.6 Å². The van der Waals surface area contributed by atoms with Gasteiger partial charge in [-0.25, -0.2) is 4.98 Å². The first-order valence-corrected chi connectivity index (χ1v) is 10.7. The van der Waals surface area contributed by atoms with E-state index in [9.17, 15) is 18.0 Å². The molecule has 4 nitrogen and oxygen atoms in total. The van der Waals surface area contributed by atoms with Gasteiger partial charge in [-0.05, 0) is 48.2 Å². The largest absolute Gasteiger partial charge is 0.417 e. The standard InChI is InChI=1S/C25H17ClF3N3O/c26-23-17(6-3-7-18(23)25(27,28)29)22-13-30-21-12-15(9-11-20(21)31-22)24(33)32-19-10-8-14-4-1-2-5-16(14)19/h1-7,9,11-13,19H,8,10H2,(H,32,33)/t19-/m0/s1. The van der Waals surface area contributed by atoms with Gasteiger partial charge in [-0.15, -0.1) is 0 Å². The molecule has 0 radical (unpaired) electrons. The fraction of sp³-hybridized carbons (Fsp3) is 0.160. The molecule has 0 saturated carbocycles. The van der Waals surface area contributed by atoms with Crippen LogP contribution in [0.5, 0.6) is 0 Å². The zero-order valence-electron chi connectivity index (χ0n) is 17.2. The summed E-state index contributed by atoms with van der Waals surface area (Å²) in [5.74, 6) is -0.217. The van der Waals surface area contributed by atoms with Gasteiger partial charge in [-0.2, -0.15) is 13.2 Å². The van der Waals surface area contributed by atoms with Crippen LogP contribution in [0.2, 0.25) is 5.02 Å². The van der Waals surface area contributed by atoms with Crippen LogP contribution in [0.25, 0.3) is 22.3 Å². The number of hydrogen-bond acceptors (Lipinski definition) is 3. The maximum absolute atomic E-state index is 13.2. The Kier molecular flexibility index (Phi) is 5.29. The first-order chi connectivity index (χ1) is 15.8. The highest BCUT2D eigenvalue weighted by atomic mass is 35.5. The number of benzene rings is 3. The van der Waals surface area contributed by atoms with Gasteiger partial charge < -0.3 is 5.32 Å². The summed E-state index contributed by atoms with van der Waals surface area (Å²) in [6, 6.07) is 16.6. The number of aryl methyl sites for hydroxylation is 1. The fourth-order valence-electron chi connectivity index (χ4n) is 4.18. The predicted molar refractivity (Wildman–Crippen MR) is 120 cm³/mol. The molecule has 0 aliphatic heterocycles. The van der Waals surface area contributed by atoms with Crippen LogP contribution in [0.3, 0.4) is 0 Å². The molecule has 0 bridgehead atoms. The molecule has 5 rings (SSSR count). The van der Waals surface area contributed by atoms with Crippen LogP contribution in [0.15, 0.2) is 66.9 Å². The van der Waals surface area contributed by atoms with Crippen molar-refractivity contribution in [2.24, 2.45) is 0 Å². The van der Waals surface area contributed by atoms with Crippen molar-refractivity contribution in [3.05, 3.63) is 94.1 Å². The molecule has 166 valence electrons. The van der Waals surface area contributed by atoms with Crippen LogP contribution in [0, 0.1) is 0 Å². The lowest BCUT2D eigenvalue weighted by atomic mass is 10.1. The molecule has 1 aromatic heterocycles. The van der Waals surface area contributed by atoms with Gasteiger partial charge in [0.2, 0.25) is 0 Å². The van der Waals surface area contributed by atoms with Gasteiger partial charge in [0, 0.05) is 11.1 Å². The average molecular weight is 468 g/mol. The van der Waals surface area contributed by atoms with Crippen LogP contribution < -0.4 is 5.32 Å². The Morgan fingerprint density at radius 2 is 1.85 bits per heavy atom. The number of amides is 1. The molecule has 8 heteroatoms. The van der Waals surface area contributed by atoms with Crippen molar-refractivity contribution in [2.45, 2.75) is 25.1 Å². The van der Waals surface area contributed by atoms with Crippen molar-refractivity contribution < 1.29 is 18.0 Å². The van der Waals surface area contributed by atoms with Crippen molar-refractivity contribution in [3.63, 3.8) is 0 Å². The van der Waals surface area contributed by atoms with E-state index in [0.29, 0.717) is 16.6 Å². The number of carbonyl (C=O) groups is 1. The van der Waals surface area contributed by atoms with Crippen LogP contribution in [-0.4, -0.2) is 15.9 Å². The second-order valence-electron chi connectivity index (χ2n) is 7.89. The second-order valence-corrected chi connectivity index (χ2v) is 8.27. The zero-order chi connectivity index (χ0) is 23.2. The molecule has 1 aliphatic carbocycles. The fourth-order valence-corrected chi connectivity index (χ4v) is 4.51. The lowest BCUT2D eigenvalue weighted by Gasteiger charge is -2.14. The molecular weight excluding hydrogens is 451 g/mol. The second kappa shape index (κ2) is 8.15. The Bertz CT molecular complexity index is 1390. The first-order valence-electron chi connectivity index (χ1n) is 10.3. The number of nitrogens with one attached hydrogen (secondary N) is 1. The molecule has 1 amide bonds. The number of nitrogens with zero attached hydrogens (tertiary/aromatic N) is 2. The SMILES string of the molecule is O=C(N[C@H]1CCc2ccccc21)c1ccc2nc(-c3cccc(C(F)(F)F)c3Cl)cnc2c1. The van der Waals surface area contributed by atoms with Crippen molar-refractivity contribution in [3.8, 4) is 11.3 Å². The normalized spacial score (nSPS) is 15.5. The molecule has 1 N–H and O–H groups in total. The zero-order valence-corrected chi connectivity index (χ0v) is 17.9. The summed E-state index contributed by atoms with van der Waals surface area (Å²) in [6.45, 7) is 0. The Labute approximate surface area is 192 Å². The Balaban J connectivity index is 1.42. The lowest BCUT2D eigenvalue weighted by Crippen LogP contribution is -2.27. The van der Waals surface area contributed by atoms with Crippen molar-refractivity contribution in [1.82, 2.24) is 15.3 Å². The molecule has 0 fully saturated rings. The summed E-state index contributed by atoms with van der Waals surface area (Å²) in [6.07, 6.45) is -1.44. The molecule has 3 aromatic carbocycles. The maximum atomic E-state index is 13.2. The van der Waals surface area contributed by atoms with E-state index < -0.39 is 16.8 Å². The van der Waals surface area contributed by atoms with E-state index in [0.717, 1.165) is 24.5 Å². The van der Waals surface area contributed by atoms with Crippen LogP contribution in [-0.2, 0) is 12.6 Å². The number of carbonyl (C=O) groups excluding carboxylic acids is 1. The highest BCUT2D eigenvalue weighted by molar-refractivity contribution is 6.34. The van der Waals surface area contributed by atoms with E-state index in [1.54, 1.807) is 18.2 Å². The highest BCUT2D eigenvalue weighted by Crippen LogP contribution is 2.39. The number of fused-ring (bicyclic) bond motifs is 2. The maximum Gasteiger partial charge on any atom is 0.417 e. The predicted octanol–water partition coefficient (Wildman–Crippen LogP) is 6.39. The topological polar surface area (TPSA) is 54.9 Å². The van der Waals surface area contributed by atoms with Gasteiger partial charge in [0.15, 0.2) is 0 Å². The molecule has 4 aromatic rings. The van der Waals surface area contributed by atoms with Crippen LogP contribution in [0.1, 0.15) is 39.5 Å². The summed E-state index contributed by atoms with van der Waals surface area (Å²) in [5.41, 5.74) is 3.16. The number of hydrogen-bond donors (Lipinski definition) is 1. The Hall–Kier alpha value is -3.45. The quantitative estimate of drug-likeness (QED) is 0.380. The number of halogens is 4. The Morgan fingerprint density at radius 3 is 2.67 bits per heavy atom. The smallest absolute Gasteiger partial charge is 0.345 e. The third-order valence-corrected chi connectivity index (χ3v) is 6.23. The van der Waals surface area contributed by atoms with Crippen molar-refractivity contribution >= 4 is 28.5 Å². The van der Waals surface area contributed by atoms with E-state index in [2.05, 4.69) is 21.4 Å². The molecule has 0 saturated heterocycles. The Morgan fingerprint density at radius 1 is 1.03 bits per heavy atom. The first kappa shape index (κ1) is 21.4. The third kappa shape index (κ3) is 4.04. The average Bonchev–Trinajstić information content (AvgIpc) is 3.20. The van der Waals surface area contributed by atoms with E-state index in [-0.39, 0.29) is 23.2 Å². The van der Waals surface area contributed by atoms with Gasteiger partial charge in [-0.1, -0.05) is 48.0 Å². The van der Waals surface area contributed by atoms with Crippen LogP contribution in [0.4, 0.5) is 13.2 Å². The molecule has 0 spiro atoms.